The number of nitrogens with one attached hydrogen (secondary N) is 1. The van der Waals surface area contributed by atoms with E-state index in [4.69, 9.17) is 0 Å². The number of aliphatic hydroxyl groups excluding tert-OH is 1. The number of hydrogen-bond acceptors (Lipinski definition) is 2. The van der Waals surface area contributed by atoms with Gasteiger partial charge in [-0.25, -0.2) is 0 Å². The van der Waals surface area contributed by atoms with Gasteiger partial charge in [0, 0.05) is 6.04 Å². The van der Waals surface area contributed by atoms with Crippen molar-refractivity contribution in [3.05, 3.63) is 35.9 Å². The minimum atomic E-state index is 0.240. The maximum atomic E-state index is 9.23. The lowest BCUT2D eigenvalue weighted by Gasteiger charge is -2.18. The van der Waals surface area contributed by atoms with Crippen molar-refractivity contribution in [2.24, 2.45) is 5.92 Å². The molecule has 0 saturated heterocycles. The SMILES string of the molecule is CC(C)CC(CO)NCCCc1ccccc1. The average Bonchev–Trinajstić information content (AvgIpc) is 2.34. The topological polar surface area (TPSA) is 32.3 Å². The van der Waals surface area contributed by atoms with Crippen LogP contribution in [-0.4, -0.2) is 24.3 Å². The van der Waals surface area contributed by atoms with Gasteiger partial charge in [-0.15, -0.1) is 0 Å². The van der Waals surface area contributed by atoms with E-state index in [9.17, 15) is 5.11 Å². The molecule has 0 aliphatic rings. The molecule has 1 atom stereocenters. The van der Waals surface area contributed by atoms with Crippen molar-refractivity contribution in [1.29, 1.82) is 0 Å². The van der Waals surface area contributed by atoms with Crippen LogP contribution >= 0.6 is 0 Å². The van der Waals surface area contributed by atoms with Crippen molar-refractivity contribution in [1.82, 2.24) is 5.32 Å². The van der Waals surface area contributed by atoms with E-state index in [2.05, 4.69) is 43.4 Å². The first-order chi connectivity index (χ1) is 8.22. The summed E-state index contributed by atoms with van der Waals surface area (Å²) in [7, 11) is 0. The summed E-state index contributed by atoms with van der Waals surface area (Å²) < 4.78 is 0. The van der Waals surface area contributed by atoms with Crippen LogP contribution in [0.25, 0.3) is 0 Å². The van der Waals surface area contributed by atoms with Gasteiger partial charge in [0.15, 0.2) is 0 Å². The van der Waals surface area contributed by atoms with E-state index in [1.165, 1.54) is 5.56 Å². The highest BCUT2D eigenvalue weighted by molar-refractivity contribution is 5.14. The Morgan fingerprint density at radius 3 is 2.47 bits per heavy atom. The van der Waals surface area contributed by atoms with Crippen LogP contribution in [0, 0.1) is 5.92 Å². The molecular formula is C15H25NO. The van der Waals surface area contributed by atoms with E-state index in [0.717, 1.165) is 25.8 Å². The summed E-state index contributed by atoms with van der Waals surface area (Å²) in [5.41, 5.74) is 1.39. The molecule has 96 valence electrons. The fourth-order valence-corrected chi connectivity index (χ4v) is 2.03. The lowest BCUT2D eigenvalue weighted by molar-refractivity contribution is 0.224. The molecule has 17 heavy (non-hydrogen) atoms. The number of benzene rings is 1. The first-order valence-electron chi connectivity index (χ1n) is 6.60. The van der Waals surface area contributed by atoms with Crippen LogP contribution in [0.5, 0.6) is 0 Å². The Bertz CT molecular complexity index is 284. The summed E-state index contributed by atoms with van der Waals surface area (Å²) in [6, 6.07) is 10.8. The van der Waals surface area contributed by atoms with Crippen molar-refractivity contribution < 1.29 is 5.11 Å². The monoisotopic (exact) mass is 235 g/mol. The third kappa shape index (κ3) is 6.44. The maximum Gasteiger partial charge on any atom is 0.0584 e. The highest BCUT2D eigenvalue weighted by atomic mass is 16.3. The van der Waals surface area contributed by atoms with E-state index in [1.54, 1.807) is 0 Å². The summed E-state index contributed by atoms with van der Waals surface area (Å²) in [6.45, 7) is 5.60. The van der Waals surface area contributed by atoms with Crippen LogP contribution in [0.2, 0.25) is 0 Å². The van der Waals surface area contributed by atoms with Gasteiger partial charge in [0.05, 0.1) is 6.61 Å². The van der Waals surface area contributed by atoms with Gasteiger partial charge in [-0.2, -0.15) is 0 Å². The molecule has 0 fully saturated rings. The first kappa shape index (κ1) is 14.2. The van der Waals surface area contributed by atoms with Gasteiger partial charge in [-0.3, -0.25) is 0 Å². The molecule has 1 aromatic carbocycles. The molecule has 0 amide bonds. The molecule has 0 aromatic heterocycles. The molecule has 0 saturated carbocycles. The maximum absolute atomic E-state index is 9.23. The summed E-state index contributed by atoms with van der Waals surface area (Å²) in [4.78, 5) is 0. The molecule has 0 heterocycles. The van der Waals surface area contributed by atoms with Crippen molar-refractivity contribution in [3.63, 3.8) is 0 Å². The minimum Gasteiger partial charge on any atom is -0.395 e. The van der Waals surface area contributed by atoms with Crippen molar-refractivity contribution in [2.45, 2.75) is 39.2 Å². The molecule has 1 rings (SSSR count). The highest BCUT2D eigenvalue weighted by Crippen LogP contribution is 2.05. The molecule has 0 radical (unpaired) electrons. The quantitative estimate of drug-likeness (QED) is 0.679. The molecule has 0 spiro atoms. The second-order valence-electron chi connectivity index (χ2n) is 5.05. The fourth-order valence-electron chi connectivity index (χ4n) is 2.03. The Balaban J connectivity index is 2.14. The minimum absolute atomic E-state index is 0.240. The number of aliphatic hydroxyl groups is 1. The van der Waals surface area contributed by atoms with E-state index in [1.807, 2.05) is 6.07 Å². The van der Waals surface area contributed by atoms with Crippen LogP contribution in [0.15, 0.2) is 30.3 Å². The van der Waals surface area contributed by atoms with E-state index < -0.39 is 0 Å². The molecule has 0 aliphatic carbocycles. The van der Waals surface area contributed by atoms with Gasteiger partial charge in [-0.1, -0.05) is 44.2 Å². The fraction of sp³-hybridized carbons (Fsp3) is 0.600. The Morgan fingerprint density at radius 1 is 1.18 bits per heavy atom. The summed E-state index contributed by atoms with van der Waals surface area (Å²) in [6.07, 6.45) is 3.27. The third-order valence-electron chi connectivity index (χ3n) is 2.89. The van der Waals surface area contributed by atoms with Crippen molar-refractivity contribution >= 4 is 0 Å². The predicted octanol–water partition coefficient (Wildman–Crippen LogP) is 2.62. The van der Waals surface area contributed by atoms with Gasteiger partial charge >= 0.3 is 0 Å². The normalized spacial score (nSPS) is 12.9. The van der Waals surface area contributed by atoms with E-state index in [0.29, 0.717) is 5.92 Å². The zero-order valence-electron chi connectivity index (χ0n) is 11.0. The Labute approximate surface area is 105 Å². The molecule has 2 N–H and O–H groups in total. The zero-order valence-corrected chi connectivity index (χ0v) is 11.0. The Kier molecular flexibility index (Phi) is 6.90. The largest absolute Gasteiger partial charge is 0.395 e. The lowest BCUT2D eigenvalue weighted by atomic mass is 10.0. The standard InChI is InChI=1S/C15H25NO/c1-13(2)11-15(12-17)16-10-6-9-14-7-4-3-5-8-14/h3-5,7-8,13,15-17H,6,9-12H2,1-2H3. The van der Waals surface area contributed by atoms with Gasteiger partial charge in [0.25, 0.3) is 0 Å². The predicted molar refractivity (Wildman–Crippen MR) is 73.1 cm³/mol. The summed E-state index contributed by atoms with van der Waals surface area (Å²) in [5.74, 6) is 0.633. The second kappa shape index (κ2) is 8.26. The Hall–Kier alpha value is -0.860. The molecule has 1 aromatic rings. The zero-order chi connectivity index (χ0) is 12.5. The van der Waals surface area contributed by atoms with Crippen LogP contribution in [0.3, 0.4) is 0 Å². The van der Waals surface area contributed by atoms with Crippen molar-refractivity contribution in [2.75, 3.05) is 13.2 Å². The van der Waals surface area contributed by atoms with Gasteiger partial charge in [0.2, 0.25) is 0 Å². The molecule has 2 heteroatoms. The lowest BCUT2D eigenvalue weighted by Crippen LogP contribution is -2.34. The first-order valence-corrected chi connectivity index (χ1v) is 6.60. The van der Waals surface area contributed by atoms with Gasteiger partial charge in [0.1, 0.15) is 0 Å². The average molecular weight is 235 g/mol. The van der Waals surface area contributed by atoms with Crippen LogP contribution in [0.1, 0.15) is 32.3 Å². The smallest absolute Gasteiger partial charge is 0.0584 e. The number of aryl methyl sites for hydroxylation is 1. The Morgan fingerprint density at radius 2 is 1.88 bits per heavy atom. The van der Waals surface area contributed by atoms with E-state index >= 15 is 0 Å². The molecule has 0 bridgehead atoms. The highest BCUT2D eigenvalue weighted by Gasteiger charge is 2.08. The molecule has 2 nitrogen and oxygen atoms in total. The second-order valence-corrected chi connectivity index (χ2v) is 5.05. The van der Waals surface area contributed by atoms with Gasteiger partial charge in [-0.05, 0) is 37.3 Å². The van der Waals surface area contributed by atoms with Crippen LogP contribution in [0.4, 0.5) is 0 Å². The number of rotatable bonds is 8. The van der Waals surface area contributed by atoms with Crippen molar-refractivity contribution in [3.8, 4) is 0 Å². The summed E-state index contributed by atoms with van der Waals surface area (Å²) >= 11 is 0. The molecular weight excluding hydrogens is 210 g/mol. The van der Waals surface area contributed by atoms with Gasteiger partial charge < -0.3 is 10.4 Å². The molecule has 1 unspecified atom stereocenters. The van der Waals surface area contributed by atoms with Crippen LogP contribution < -0.4 is 5.32 Å². The third-order valence-corrected chi connectivity index (χ3v) is 2.89. The molecule has 0 aliphatic heterocycles. The number of hydrogen-bond donors (Lipinski definition) is 2. The summed E-state index contributed by atoms with van der Waals surface area (Å²) in [5, 5.41) is 12.6. The van der Waals surface area contributed by atoms with Crippen LogP contribution in [-0.2, 0) is 6.42 Å². The van der Waals surface area contributed by atoms with E-state index in [-0.39, 0.29) is 12.6 Å².